The summed E-state index contributed by atoms with van der Waals surface area (Å²) in [5.74, 6) is -5.08. The molecule has 0 bridgehead atoms. The number of amides is 1. The molecule has 236 valence electrons. The number of carbonyl (C=O) groups is 2. The van der Waals surface area contributed by atoms with Gasteiger partial charge >= 0.3 is 18.1 Å². The number of likely N-dealkylation sites (tertiary alicyclic amines) is 1. The summed E-state index contributed by atoms with van der Waals surface area (Å²) in [6.07, 6.45) is -2.27. The molecular weight excluding hydrogens is 614 g/mol. The standard InChI is InChI=1S/C28H33F4N3O6S2/c1-16(2)25-33-19(15-42-25)13-34-9-7-17(8-10-34)14-40-24-12-23(29)22(11-21(24)18-3-4-18)26(36)35(41-27(37)28(30,31)32)43(38,39)20-5-6-20/h11-12,15-18,20H,3-10,13-14H2,1-2H3. The lowest BCUT2D eigenvalue weighted by atomic mass is 9.97. The van der Waals surface area contributed by atoms with E-state index in [4.69, 9.17) is 9.72 Å². The summed E-state index contributed by atoms with van der Waals surface area (Å²) in [6.45, 7) is 7.01. The molecular formula is C28H33F4N3O6S2. The third-order valence-corrected chi connectivity index (χ3v) is 10.9. The second kappa shape index (κ2) is 12.3. The SMILES string of the molecule is CC(C)c1nc(CN2CCC(COc3cc(F)c(C(=O)N(OC(=O)C(F)(F)F)S(=O)(=O)C4CC4)cc3C3CC3)CC2)cs1. The summed E-state index contributed by atoms with van der Waals surface area (Å²) in [7, 11) is -4.79. The van der Waals surface area contributed by atoms with Crippen molar-refractivity contribution in [3.63, 3.8) is 0 Å². The van der Waals surface area contributed by atoms with Gasteiger partial charge in [0.15, 0.2) is 0 Å². The Balaban J connectivity index is 1.26. The highest BCUT2D eigenvalue weighted by Gasteiger charge is 2.50. The smallest absolute Gasteiger partial charge is 0.493 e. The van der Waals surface area contributed by atoms with Gasteiger partial charge in [-0.2, -0.15) is 13.2 Å². The number of piperidine rings is 1. The van der Waals surface area contributed by atoms with Crippen molar-refractivity contribution in [2.75, 3.05) is 19.7 Å². The molecule has 0 atom stereocenters. The number of hydrogen-bond donors (Lipinski definition) is 0. The molecule has 0 unspecified atom stereocenters. The van der Waals surface area contributed by atoms with E-state index in [-0.39, 0.29) is 30.4 Å². The summed E-state index contributed by atoms with van der Waals surface area (Å²) >= 11 is 1.67. The predicted molar refractivity (Wildman–Crippen MR) is 148 cm³/mol. The van der Waals surface area contributed by atoms with E-state index in [0.717, 1.165) is 68.2 Å². The Morgan fingerprint density at radius 1 is 1.12 bits per heavy atom. The first-order valence-electron chi connectivity index (χ1n) is 14.2. The number of hydrogen-bond acceptors (Lipinski definition) is 9. The van der Waals surface area contributed by atoms with Crippen molar-refractivity contribution in [3.8, 4) is 5.75 Å². The van der Waals surface area contributed by atoms with Gasteiger partial charge in [-0.3, -0.25) is 9.69 Å². The number of alkyl halides is 3. The van der Waals surface area contributed by atoms with E-state index in [2.05, 4.69) is 29.0 Å². The van der Waals surface area contributed by atoms with Gasteiger partial charge in [0.1, 0.15) is 11.6 Å². The monoisotopic (exact) mass is 647 g/mol. The molecule has 1 saturated heterocycles. The number of nitrogens with zero attached hydrogens (tertiary/aromatic N) is 3. The molecule has 9 nitrogen and oxygen atoms in total. The fourth-order valence-corrected chi connectivity index (χ4v) is 7.25. The van der Waals surface area contributed by atoms with Crippen LogP contribution in [0.2, 0.25) is 0 Å². The molecule has 0 N–H and O–H groups in total. The second-order valence-electron chi connectivity index (χ2n) is 11.7. The Morgan fingerprint density at radius 3 is 2.35 bits per heavy atom. The fourth-order valence-electron chi connectivity index (χ4n) is 4.92. The van der Waals surface area contributed by atoms with Crippen molar-refractivity contribution in [2.24, 2.45) is 5.92 Å². The van der Waals surface area contributed by atoms with Crippen LogP contribution in [0, 0.1) is 11.7 Å². The zero-order valence-electron chi connectivity index (χ0n) is 23.7. The first-order chi connectivity index (χ1) is 20.2. The zero-order valence-corrected chi connectivity index (χ0v) is 25.4. The highest BCUT2D eigenvalue weighted by atomic mass is 32.2. The van der Waals surface area contributed by atoms with Crippen LogP contribution in [0.5, 0.6) is 5.75 Å². The first kappa shape index (κ1) is 31.6. The van der Waals surface area contributed by atoms with Gasteiger partial charge in [0.05, 0.1) is 28.1 Å². The van der Waals surface area contributed by atoms with Gasteiger partial charge in [-0.1, -0.05) is 18.3 Å². The molecule has 2 heterocycles. The molecule has 43 heavy (non-hydrogen) atoms. The van der Waals surface area contributed by atoms with Crippen molar-refractivity contribution in [1.29, 1.82) is 0 Å². The van der Waals surface area contributed by atoms with Gasteiger partial charge in [0, 0.05) is 23.9 Å². The second-order valence-corrected chi connectivity index (χ2v) is 14.6. The van der Waals surface area contributed by atoms with Crippen LogP contribution in [-0.2, 0) is 26.2 Å². The Hall–Kier alpha value is -2.78. The third kappa shape index (κ3) is 7.48. The number of hydroxylamine groups is 1. The topological polar surface area (TPSA) is 106 Å². The van der Waals surface area contributed by atoms with Crippen LogP contribution in [0.15, 0.2) is 17.5 Å². The van der Waals surface area contributed by atoms with Gasteiger partial charge in [-0.05, 0) is 75.1 Å². The molecule has 1 amide bonds. The lowest BCUT2D eigenvalue weighted by Gasteiger charge is -2.31. The number of benzene rings is 1. The van der Waals surface area contributed by atoms with E-state index < -0.39 is 49.2 Å². The van der Waals surface area contributed by atoms with Gasteiger partial charge in [-0.25, -0.2) is 22.6 Å². The van der Waals surface area contributed by atoms with Crippen LogP contribution in [0.3, 0.4) is 0 Å². The fraction of sp³-hybridized carbons (Fsp3) is 0.607. The molecule has 15 heteroatoms. The van der Waals surface area contributed by atoms with Crippen LogP contribution < -0.4 is 4.74 Å². The Kier molecular flexibility index (Phi) is 9.06. The van der Waals surface area contributed by atoms with Crippen molar-refractivity contribution >= 4 is 33.2 Å². The minimum Gasteiger partial charge on any atom is -0.493 e. The molecule has 1 aliphatic heterocycles. The molecule has 0 radical (unpaired) electrons. The highest BCUT2D eigenvalue weighted by Crippen LogP contribution is 2.46. The largest absolute Gasteiger partial charge is 0.493 e. The molecule has 1 aromatic carbocycles. The predicted octanol–water partition coefficient (Wildman–Crippen LogP) is 5.53. The van der Waals surface area contributed by atoms with Crippen LogP contribution in [-0.4, -0.2) is 65.8 Å². The lowest BCUT2D eigenvalue weighted by molar-refractivity contribution is -0.217. The van der Waals surface area contributed by atoms with E-state index in [1.807, 2.05) is 0 Å². The Morgan fingerprint density at radius 2 is 1.79 bits per heavy atom. The summed E-state index contributed by atoms with van der Waals surface area (Å²) in [5, 5.41) is 2.01. The molecule has 0 spiro atoms. The van der Waals surface area contributed by atoms with Crippen LogP contribution in [0.4, 0.5) is 17.6 Å². The first-order valence-corrected chi connectivity index (χ1v) is 16.6. The van der Waals surface area contributed by atoms with Crippen molar-refractivity contribution in [1.82, 2.24) is 14.4 Å². The van der Waals surface area contributed by atoms with Crippen molar-refractivity contribution in [2.45, 2.75) is 82.2 Å². The quantitative estimate of drug-likeness (QED) is 0.245. The summed E-state index contributed by atoms with van der Waals surface area (Å²) in [6, 6.07) is 2.06. The van der Waals surface area contributed by atoms with E-state index in [1.165, 1.54) is 0 Å². The molecule has 1 aromatic heterocycles. The van der Waals surface area contributed by atoms with E-state index >= 15 is 4.39 Å². The van der Waals surface area contributed by atoms with E-state index in [9.17, 15) is 31.2 Å². The maximum absolute atomic E-state index is 15.3. The van der Waals surface area contributed by atoms with E-state index in [1.54, 1.807) is 11.3 Å². The minimum atomic E-state index is -5.57. The highest BCUT2D eigenvalue weighted by molar-refractivity contribution is 7.90. The molecule has 2 saturated carbocycles. The van der Waals surface area contributed by atoms with Crippen LogP contribution >= 0.6 is 11.3 Å². The van der Waals surface area contributed by atoms with Gasteiger partial charge < -0.3 is 9.57 Å². The average Bonchev–Trinajstić information content (AvgIpc) is 3.88. The lowest BCUT2D eigenvalue weighted by Crippen LogP contribution is -2.44. The molecule has 5 rings (SSSR count). The molecule has 3 fully saturated rings. The Labute approximate surface area is 251 Å². The number of ether oxygens (including phenoxy) is 1. The number of thiazole rings is 1. The normalized spacial score (nSPS) is 18.6. The molecule has 2 aromatic rings. The summed E-state index contributed by atoms with van der Waals surface area (Å²) in [5.41, 5.74) is 0.696. The molecule has 3 aliphatic rings. The van der Waals surface area contributed by atoms with Crippen molar-refractivity contribution in [3.05, 3.63) is 45.2 Å². The Bertz CT molecular complexity index is 1460. The number of halogens is 4. The number of sulfonamides is 1. The third-order valence-electron chi connectivity index (χ3n) is 7.72. The van der Waals surface area contributed by atoms with Gasteiger partial charge in [0.25, 0.3) is 10.0 Å². The maximum atomic E-state index is 15.3. The molecule has 2 aliphatic carbocycles. The van der Waals surface area contributed by atoms with Crippen LogP contribution in [0.25, 0.3) is 0 Å². The number of carbonyl (C=O) groups excluding carboxylic acids is 2. The summed E-state index contributed by atoms with van der Waals surface area (Å²) in [4.78, 5) is 35.6. The average molecular weight is 648 g/mol. The zero-order chi connectivity index (χ0) is 31.1. The van der Waals surface area contributed by atoms with Gasteiger partial charge in [-0.15, -0.1) is 11.3 Å². The number of aromatic nitrogens is 1. The van der Waals surface area contributed by atoms with E-state index in [0.29, 0.717) is 18.1 Å². The maximum Gasteiger partial charge on any atom is 0.493 e. The minimum absolute atomic E-state index is 0.0706. The van der Waals surface area contributed by atoms with Gasteiger partial charge in [0.2, 0.25) is 0 Å². The van der Waals surface area contributed by atoms with Crippen LogP contribution in [0.1, 0.15) is 90.8 Å². The van der Waals surface area contributed by atoms with Crippen molar-refractivity contribution < 1.29 is 45.1 Å². The summed E-state index contributed by atoms with van der Waals surface area (Å²) < 4.78 is 84.7. The number of rotatable bonds is 10.